The van der Waals surface area contributed by atoms with Gasteiger partial charge in [0.2, 0.25) is 5.91 Å². The molecular weight excluding hydrogens is 367 g/mol. The van der Waals surface area contributed by atoms with E-state index in [0.717, 1.165) is 4.47 Å². The molecule has 0 heterocycles. The second kappa shape index (κ2) is 7.73. The van der Waals surface area contributed by atoms with Gasteiger partial charge in [-0.15, -0.1) is 0 Å². The molecule has 7 heteroatoms. The second-order valence-corrected chi connectivity index (χ2v) is 5.57. The van der Waals surface area contributed by atoms with Gasteiger partial charge in [0.05, 0.1) is 13.5 Å². The molecule has 2 rings (SSSR count). The average molecular weight is 381 g/mol. The fraction of sp³-hybridized carbons (Fsp3) is 0.125. The first kappa shape index (κ1) is 17.0. The summed E-state index contributed by atoms with van der Waals surface area (Å²) in [5, 5.41) is 0. The number of carbonyl (C=O) groups excluding carboxylic acids is 2. The van der Waals surface area contributed by atoms with E-state index in [9.17, 15) is 14.0 Å². The molecule has 120 valence electrons. The fourth-order valence-electron chi connectivity index (χ4n) is 1.85. The molecule has 2 aromatic carbocycles. The molecule has 5 nitrogen and oxygen atoms in total. The van der Waals surface area contributed by atoms with E-state index in [1.165, 1.54) is 19.2 Å². The zero-order chi connectivity index (χ0) is 16.8. The predicted octanol–water partition coefficient (Wildman–Crippen LogP) is 2.60. The maximum atomic E-state index is 13.5. The predicted molar refractivity (Wildman–Crippen MR) is 86.4 cm³/mol. The molecule has 0 radical (unpaired) electrons. The Morgan fingerprint density at radius 3 is 2.43 bits per heavy atom. The molecule has 0 saturated carbocycles. The highest BCUT2D eigenvalue weighted by Crippen LogP contribution is 2.17. The van der Waals surface area contributed by atoms with Crippen molar-refractivity contribution in [2.75, 3.05) is 7.11 Å². The largest absolute Gasteiger partial charge is 0.494 e. The molecule has 23 heavy (non-hydrogen) atoms. The van der Waals surface area contributed by atoms with Crippen LogP contribution in [0.4, 0.5) is 4.39 Å². The van der Waals surface area contributed by atoms with Gasteiger partial charge in [0.15, 0.2) is 11.6 Å². The molecular formula is C16H14BrFN2O3. The van der Waals surface area contributed by atoms with Crippen LogP contribution < -0.4 is 15.6 Å². The first-order chi connectivity index (χ1) is 11.0. The number of benzene rings is 2. The number of hydrogen-bond donors (Lipinski definition) is 2. The minimum atomic E-state index is -0.545. The van der Waals surface area contributed by atoms with E-state index in [-0.39, 0.29) is 12.2 Å². The number of rotatable bonds is 4. The van der Waals surface area contributed by atoms with E-state index in [2.05, 4.69) is 26.8 Å². The lowest BCUT2D eigenvalue weighted by molar-refractivity contribution is -0.121. The number of amides is 2. The molecule has 0 unspecified atom stereocenters. The number of hydrazine groups is 1. The van der Waals surface area contributed by atoms with Gasteiger partial charge in [0, 0.05) is 10.0 Å². The van der Waals surface area contributed by atoms with Crippen LogP contribution in [-0.4, -0.2) is 18.9 Å². The summed E-state index contributed by atoms with van der Waals surface area (Å²) in [7, 11) is 1.36. The molecule has 0 spiro atoms. The van der Waals surface area contributed by atoms with Gasteiger partial charge in [-0.25, -0.2) is 4.39 Å². The Morgan fingerprint density at radius 2 is 1.83 bits per heavy atom. The van der Waals surface area contributed by atoms with Crippen molar-refractivity contribution in [2.24, 2.45) is 0 Å². The standard InChI is InChI=1S/C16H14BrFN2O3/c1-23-14-7-2-10(8-13(14)18)9-15(21)19-20-16(22)11-3-5-12(17)6-4-11/h2-8H,9H2,1H3,(H,19,21)(H,20,22). The fourth-order valence-corrected chi connectivity index (χ4v) is 2.11. The molecule has 0 atom stereocenters. The maximum absolute atomic E-state index is 13.5. The van der Waals surface area contributed by atoms with Crippen molar-refractivity contribution in [3.63, 3.8) is 0 Å². The van der Waals surface area contributed by atoms with Crippen LogP contribution in [0.25, 0.3) is 0 Å². The highest BCUT2D eigenvalue weighted by Gasteiger charge is 2.10. The lowest BCUT2D eigenvalue weighted by atomic mass is 10.1. The lowest BCUT2D eigenvalue weighted by Gasteiger charge is -2.08. The van der Waals surface area contributed by atoms with Gasteiger partial charge in [-0.2, -0.15) is 0 Å². The molecule has 0 bridgehead atoms. The first-order valence-corrected chi connectivity index (χ1v) is 7.46. The second-order valence-electron chi connectivity index (χ2n) is 4.65. The summed E-state index contributed by atoms with van der Waals surface area (Å²) < 4.78 is 19.2. The third-order valence-electron chi connectivity index (χ3n) is 3.00. The number of carbonyl (C=O) groups is 2. The molecule has 2 amide bonds. The van der Waals surface area contributed by atoms with Gasteiger partial charge < -0.3 is 4.74 Å². The zero-order valence-electron chi connectivity index (χ0n) is 12.2. The van der Waals surface area contributed by atoms with E-state index in [1.807, 2.05) is 0 Å². The maximum Gasteiger partial charge on any atom is 0.269 e. The molecule has 0 aromatic heterocycles. The Hall–Kier alpha value is -2.41. The van der Waals surface area contributed by atoms with E-state index in [4.69, 9.17) is 4.74 Å². The summed E-state index contributed by atoms with van der Waals surface area (Å²) in [4.78, 5) is 23.6. The van der Waals surface area contributed by atoms with Crippen molar-refractivity contribution in [3.05, 3.63) is 63.9 Å². The summed E-state index contributed by atoms with van der Waals surface area (Å²) in [6, 6.07) is 10.9. The molecule has 0 fully saturated rings. The zero-order valence-corrected chi connectivity index (χ0v) is 13.8. The Bertz CT molecular complexity index is 720. The van der Waals surface area contributed by atoms with Gasteiger partial charge >= 0.3 is 0 Å². The molecule has 0 aliphatic rings. The van der Waals surface area contributed by atoms with Crippen LogP contribution in [0.3, 0.4) is 0 Å². The normalized spacial score (nSPS) is 10.0. The van der Waals surface area contributed by atoms with Crippen LogP contribution in [0, 0.1) is 5.82 Å². The van der Waals surface area contributed by atoms with Crippen molar-refractivity contribution in [2.45, 2.75) is 6.42 Å². The summed E-state index contributed by atoms with van der Waals surface area (Å²) in [5.74, 6) is -1.33. The summed E-state index contributed by atoms with van der Waals surface area (Å²) >= 11 is 3.27. The van der Waals surface area contributed by atoms with Crippen LogP contribution in [0.15, 0.2) is 46.9 Å². The summed E-state index contributed by atoms with van der Waals surface area (Å²) in [6.07, 6.45) is -0.0679. The Balaban J connectivity index is 1.88. The number of nitrogens with one attached hydrogen (secondary N) is 2. The van der Waals surface area contributed by atoms with Gasteiger partial charge in [-0.05, 0) is 42.0 Å². The highest BCUT2D eigenvalue weighted by atomic mass is 79.9. The summed E-state index contributed by atoms with van der Waals surface area (Å²) in [6.45, 7) is 0. The smallest absolute Gasteiger partial charge is 0.269 e. The lowest BCUT2D eigenvalue weighted by Crippen LogP contribution is -2.42. The van der Waals surface area contributed by atoms with E-state index >= 15 is 0 Å². The topological polar surface area (TPSA) is 67.4 Å². The van der Waals surface area contributed by atoms with Crippen molar-refractivity contribution in [1.29, 1.82) is 0 Å². The van der Waals surface area contributed by atoms with E-state index < -0.39 is 17.6 Å². The Kier molecular flexibility index (Phi) is 5.70. The highest BCUT2D eigenvalue weighted by molar-refractivity contribution is 9.10. The molecule has 2 aromatic rings. The van der Waals surface area contributed by atoms with Crippen molar-refractivity contribution < 1.29 is 18.7 Å². The van der Waals surface area contributed by atoms with Crippen LogP contribution in [0.5, 0.6) is 5.75 Å². The minimum absolute atomic E-state index is 0.0679. The van der Waals surface area contributed by atoms with Crippen LogP contribution in [0.2, 0.25) is 0 Å². The van der Waals surface area contributed by atoms with E-state index in [0.29, 0.717) is 11.1 Å². The third-order valence-corrected chi connectivity index (χ3v) is 3.53. The Labute approximate surface area is 140 Å². The van der Waals surface area contributed by atoms with Gasteiger partial charge in [0.1, 0.15) is 0 Å². The Morgan fingerprint density at radius 1 is 1.13 bits per heavy atom. The monoisotopic (exact) mass is 380 g/mol. The minimum Gasteiger partial charge on any atom is -0.494 e. The van der Waals surface area contributed by atoms with Crippen LogP contribution in [-0.2, 0) is 11.2 Å². The number of halogens is 2. The van der Waals surface area contributed by atoms with Crippen LogP contribution in [0.1, 0.15) is 15.9 Å². The molecule has 0 saturated heterocycles. The van der Waals surface area contributed by atoms with Crippen molar-refractivity contribution >= 4 is 27.7 Å². The number of methoxy groups -OCH3 is 1. The van der Waals surface area contributed by atoms with Crippen molar-refractivity contribution in [3.8, 4) is 5.75 Å². The average Bonchev–Trinajstić information content (AvgIpc) is 2.53. The summed E-state index contributed by atoms with van der Waals surface area (Å²) in [5.41, 5.74) is 5.47. The quantitative estimate of drug-likeness (QED) is 0.801. The molecule has 2 N–H and O–H groups in total. The first-order valence-electron chi connectivity index (χ1n) is 6.67. The van der Waals surface area contributed by atoms with Gasteiger partial charge in [-0.3, -0.25) is 20.4 Å². The van der Waals surface area contributed by atoms with E-state index in [1.54, 1.807) is 30.3 Å². The van der Waals surface area contributed by atoms with Gasteiger partial charge in [-0.1, -0.05) is 22.0 Å². The van der Waals surface area contributed by atoms with Gasteiger partial charge in [0.25, 0.3) is 5.91 Å². The third kappa shape index (κ3) is 4.79. The SMILES string of the molecule is COc1ccc(CC(=O)NNC(=O)c2ccc(Br)cc2)cc1F. The molecule has 0 aliphatic carbocycles. The number of hydrogen-bond acceptors (Lipinski definition) is 3. The van der Waals surface area contributed by atoms with Crippen molar-refractivity contribution in [1.82, 2.24) is 10.9 Å². The van der Waals surface area contributed by atoms with Crippen LogP contribution >= 0.6 is 15.9 Å². The molecule has 0 aliphatic heterocycles. The number of ether oxygens (including phenoxy) is 1.